The molecule has 0 unspecified atom stereocenters. The minimum atomic E-state index is -0.0806. The van der Waals surface area contributed by atoms with Crippen molar-refractivity contribution < 1.29 is 4.79 Å². The van der Waals surface area contributed by atoms with Crippen LogP contribution in [-0.2, 0) is 0 Å². The maximum atomic E-state index is 12.5. The van der Waals surface area contributed by atoms with Crippen molar-refractivity contribution in [3.8, 4) is 0 Å². The predicted molar refractivity (Wildman–Crippen MR) is 89.1 cm³/mol. The summed E-state index contributed by atoms with van der Waals surface area (Å²) in [6.07, 6.45) is 1.02. The monoisotopic (exact) mass is 282 g/mol. The van der Waals surface area contributed by atoms with E-state index in [9.17, 15) is 4.79 Å². The van der Waals surface area contributed by atoms with Crippen LogP contribution in [0, 0.1) is 13.8 Å². The highest BCUT2D eigenvalue weighted by Gasteiger charge is 2.12. The summed E-state index contributed by atoms with van der Waals surface area (Å²) < 4.78 is 0. The van der Waals surface area contributed by atoms with Crippen molar-refractivity contribution >= 4 is 17.3 Å². The summed E-state index contributed by atoms with van der Waals surface area (Å²) in [6.45, 7) is 7.02. The van der Waals surface area contributed by atoms with Gasteiger partial charge in [0, 0.05) is 17.9 Å². The highest BCUT2D eigenvalue weighted by Crippen LogP contribution is 2.21. The average molecular weight is 282 g/mol. The third kappa shape index (κ3) is 3.63. The lowest BCUT2D eigenvalue weighted by Crippen LogP contribution is -2.15. The zero-order chi connectivity index (χ0) is 15.2. The second-order valence-corrected chi connectivity index (χ2v) is 5.17. The number of hydrogen-bond acceptors (Lipinski definition) is 2. The molecule has 110 valence electrons. The SMILES string of the molecule is CCCNc1ccccc1C(=O)Nc1cccc(C)c1C. The fourth-order valence-corrected chi connectivity index (χ4v) is 2.17. The van der Waals surface area contributed by atoms with Gasteiger partial charge in [-0.1, -0.05) is 31.2 Å². The fraction of sp³-hybridized carbons (Fsp3) is 0.278. The van der Waals surface area contributed by atoms with Gasteiger partial charge in [-0.2, -0.15) is 0 Å². The number of rotatable bonds is 5. The molecule has 0 saturated carbocycles. The zero-order valence-electron chi connectivity index (χ0n) is 12.9. The maximum Gasteiger partial charge on any atom is 0.257 e. The molecule has 2 aromatic rings. The number of amides is 1. The molecule has 0 bridgehead atoms. The lowest BCUT2D eigenvalue weighted by atomic mass is 10.1. The van der Waals surface area contributed by atoms with Gasteiger partial charge in [-0.15, -0.1) is 0 Å². The number of carbonyl (C=O) groups excluding carboxylic acids is 1. The molecule has 0 aliphatic heterocycles. The summed E-state index contributed by atoms with van der Waals surface area (Å²) in [6, 6.07) is 13.5. The van der Waals surface area contributed by atoms with E-state index in [0.717, 1.165) is 29.9 Å². The van der Waals surface area contributed by atoms with Gasteiger partial charge in [0.25, 0.3) is 5.91 Å². The third-order valence-corrected chi connectivity index (χ3v) is 3.59. The number of benzene rings is 2. The fourth-order valence-electron chi connectivity index (χ4n) is 2.17. The van der Waals surface area contributed by atoms with Gasteiger partial charge in [-0.3, -0.25) is 4.79 Å². The molecule has 0 aromatic heterocycles. The Kier molecular flexibility index (Phi) is 4.99. The first-order chi connectivity index (χ1) is 10.1. The van der Waals surface area contributed by atoms with E-state index in [2.05, 4.69) is 17.6 Å². The smallest absolute Gasteiger partial charge is 0.257 e. The molecule has 2 aromatic carbocycles. The van der Waals surface area contributed by atoms with E-state index >= 15 is 0 Å². The van der Waals surface area contributed by atoms with Crippen LogP contribution < -0.4 is 10.6 Å². The van der Waals surface area contributed by atoms with E-state index in [1.807, 2.05) is 56.3 Å². The van der Waals surface area contributed by atoms with Gasteiger partial charge in [0.2, 0.25) is 0 Å². The lowest BCUT2D eigenvalue weighted by Gasteiger charge is -2.13. The molecule has 0 spiro atoms. The Bertz CT molecular complexity index is 635. The molecule has 0 heterocycles. The highest BCUT2D eigenvalue weighted by atomic mass is 16.1. The number of anilines is 2. The van der Waals surface area contributed by atoms with Crippen molar-refractivity contribution in [1.29, 1.82) is 0 Å². The molecule has 0 atom stereocenters. The first-order valence-electron chi connectivity index (χ1n) is 7.34. The van der Waals surface area contributed by atoms with Gasteiger partial charge >= 0.3 is 0 Å². The van der Waals surface area contributed by atoms with Crippen LogP contribution in [-0.4, -0.2) is 12.5 Å². The Morgan fingerprint density at radius 1 is 1.00 bits per heavy atom. The maximum absolute atomic E-state index is 12.5. The van der Waals surface area contributed by atoms with Crippen LogP contribution in [0.3, 0.4) is 0 Å². The molecule has 1 amide bonds. The Balaban J connectivity index is 2.22. The minimum Gasteiger partial charge on any atom is -0.384 e. The lowest BCUT2D eigenvalue weighted by molar-refractivity contribution is 0.102. The van der Waals surface area contributed by atoms with Gasteiger partial charge in [0.1, 0.15) is 0 Å². The molecule has 3 nitrogen and oxygen atoms in total. The predicted octanol–water partition coefficient (Wildman–Crippen LogP) is 4.38. The minimum absolute atomic E-state index is 0.0806. The van der Waals surface area contributed by atoms with Gasteiger partial charge in [0.05, 0.1) is 5.56 Å². The van der Waals surface area contributed by atoms with E-state index in [1.165, 1.54) is 5.56 Å². The third-order valence-electron chi connectivity index (χ3n) is 3.59. The molecule has 0 aliphatic carbocycles. The Hall–Kier alpha value is -2.29. The van der Waals surface area contributed by atoms with Gasteiger partial charge < -0.3 is 10.6 Å². The van der Waals surface area contributed by atoms with E-state index in [1.54, 1.807) is 0 Å². The summed E-state index contributed by atoms with van der Waals surface area (Å²) in [4.78, 5) is 12.5. The number of aryl methyl sites for hydroxylation is 1. The number of carbonyl (C=O) groups is 1. The van der Waals surface area contributed by atoms with Crippen LogP contribution in [0.4, 0.5) is 11.4 Å². The van der Waals surface area contributed by atoms with Crippen molar-refractivity contribution in [3.05, 3.63) is 59.2 Å². The molecule has 21 heavy (non-hydrogen) atoms. The highest BCUT2D eigenvalue weighted by molar-refractivity contribution is 6.08. The second-order valence-electron chi connectivity index (χ2n) is 5.17. The summed E-state index contributed by atoms with van der Waals surface area (Å²) in [5, 5.41) is 6.30. The Morgan fingerprint density at radius 2 is 1.71 bits per heavy atom. The Morgan fingerprint density at radius 3 is 2.48 bits per heavy atom. The van der Waals surface area contributed by atoms with Crippen molar-refractivity contribution in [2.24, 2.45) is 0 Å². The van der Waals surface area contributed by atoms with Gasteiger partial charge in [-0.25, -0.2) is 0 Å². The zero-order valence-corrected chi connectivity index (χ0v) is 12.9. The van der Waals surface area contributed by atoms with Crippen LogP contribution in [0.2, 0.25) is 0 Å². The first kappa shape index (κ1) is 15.1. The average Bonchev–Trinajstić information content (AvgIpc) is 2.50. The summed E-state index contributed by atoms with van der Waals surface area (Å²) in [7, 11) is 0. The van der Waals surface area contributed by atoms with Gasteiger partial charge in [0.15, 0.2) is 0 Å². The standard InChI is InChI=1S/C18H22N2O/c1-4-12-19-17-10-6-5-9-15(17)18(21)20-16-11-7-8-13(2)14(16)3/h5-11,19H,4,12H2,1-3H3,(H,20,21). The summed E-state index contributed by atoms with van der Waals surface area (Å²) >= 11 is 0. The normalized spacial score (nSPS) is 10.2. The van der Waals surface area contributed by atoms with E-state index < -0.39 is 0 Å². The van der Waals surface area contributed by atoms with Crippen molar-refractivity contribution in [1.82, 2.24) is 0 Å². The second kappa shape index (κ2) is 6.93. The largest absolute Gasteiger partial charge is 0.384 e. The molecule has 0 fully saturated rings. The van der Waals surface area contributed by atoms with Crippen LogP contribution in [0.15, 0.2) is 42.5 Å². The molecule has 2 rings (SSSR count). The van der Waals surface area contributed by atoms with Crippen LogP contribution in [0.1, 0.15) is 34.8 Å². The summed E-state index contributed by atoms with van der Waals surface area (Å²) in [5.74, 6) is -0.0806. The molecule has 0 aliphatic rings. The molecule has 0 saturated heterocycles. The Labute approximate surface area is 126 Å². The molecule has 2 N–H and O–H groups in total. The van der Waals surface area contributed by atoms with E-state index in [0.29, 0.717) is 5.56 Å². The topological polar surface area (TPSA) is 41.1 Å². The summed E-state index contributed by atoms with van der Waals surface area (Å²) in [5.41, 5.74) is 4.69. The van der Waals surface area contributed by atoms with Crippen molar-refractivity contribution in [3.63, 3.8) is 0 Å². The molecule has 0 radical (unpaired) electrons. The number of para-hydroxylation sites is 1. The van der Waals surface area contributed by atoms with Crippen molar-refractivity contribution in [2.75, 3.05) is 17.2 Å². The van der Waals surface area contributed by atoms with Crippen LogP contribution in [0.25, 0.3) is 0 Å². The van der Waals surface area contributed by atoms with Crippen LogP contribution in [0.5, 0.6) is 0 Å². The first-order valence-corrected chi connectivity index (χ1v) is 7.34. The number of nitrogens with one attached hydrogen (secondary N) is 2. The van der Waals surface area contributed by atoms with E-state index in [-0.39, 0.29) is 5.91 Å². The quantitative estimate of drug-likeness (QED) is 0.854. The molecule has 3 heteroatoms. The molecular formula is C18H22N2O. The molecular weight excluding hydrogens is 260 g/mol. The van der Waals surface area contributed by atoms with Crippen molar-refractivity contribution in [2.45, 2.75) is 27.2 Å². The number of hydrogen-bond donors (Lipinski definition) is 2. The van der Waals surface area contributed by atoms with E-state index in [4.69, 9.17) is 0 Å². The van der Waals surface area contributed by atoms with Crippen LogP contribution >= 0.6 is 0 Å². The van der Waals surface area contributed by atoms with Gasteiger partial charge in [-0.05, 0) is 49.6 Å².